The summed E-state index contributed by atoms with van der Waals surface area (Å²) in [6.07, 6.45) is 1.40. The molecule has 0 unspecified atom stereocenters. The maximum absolute atomic E-state index is 12.8. The van der Waals surface area contributed by atoms with E-state index in [2.05, 4.69) is 31.1 Å². The Balaban J connectivity index is 1.82. The van der Waals surface area contributed by atoms with Crippen LogP contribution in [0, 0.1) is 13.8 Å². The number of halogens is 1. The van der Waals surface area contributed by atoms with Crippen molar-refractivity contribution in [3.63, 3.8) is 0 Å². The lowest BCUT2D eigenvalue weighted by atomic mass is 10.2. The topological polar surface area (TPSA) is 85.0 Å². The molecule has 0 aliphatic carbocycles. The van der Waals surface area contributed by atoms with Crippen LogP contribution in [0.3, 0.4) is 0 Å². The molecule has 28 heavy (non-hydrogen) atoms. The van der Waals surface area contributed by atoms with Crippen LogP contribution in [0.1, 0.15) is 17.1 Å². The number of nitrogens with one attached hydrogen (secondary N) is 1. The van der Waals surface area contributed by atoms with Crippen molar-refractivity contribution in [3.8, 4) is 5.69 Å². The predicted molar refractivity (Wildman–Crippen MR) is 113 cm³/mol. The number of hydrogen-bond acceptors (Lipinski definition) is 4. The van der Waals surface area contributed by atoms with Gasteiger partial charge in [-0.3, -0.25) is 14.7 Å². The van der Waals surface area contributed by atoms with Crippen molar-refractivity contribution < 1.29 is 0 Å². The molecule has 0 bridgehead atoms. The van der Waals surface area contributed by atoms with Crippen molar-refractivity contribution in [1.82, 2.24) is 19.4 Å². The van der Waals surface area contributed by atoms with Gasteiger partial charge in [-0.2, -0.15) is 9.78 Å². The minimum atomic E-state index is -0.295. The Morgan fingerprint density at radius 2 is 1.82 bits per heavy atom. The number of fused-ring (bicyclic) bond motifs is 1. The van der Waals surface area contributed by atoms with Gasteiger partial charge in [0.25, 0.3) is 11.1 Å². The summed E-state index contributed by atoms with van der Waals surface area (Å²) in [4.78, 5) is 30.0. The molecule has 0 amide bonds. The smallest absolute Gasteiger partial charge is 0.282 e. The third-order valence-corrected chi connectivity index (χ3v) is 4.90. The van der Waals surface area contributed by atoms with Gasteiger partial charge in [-0.1, -0.05) is 34.1 Å². The van der Waals surface area contributed by atoms with Crippen molar-refractivity contribution in [2.45, 2.75) is 13.8 Å². The first-order valence-electron chi connectivity index (χ1n) is 8.56. The molecular formula is C20H16BrN5O2. The van der Waals surface area contributed by atoms with E-state index in [1.54, 1.807) is 26.0 Å². The lowest BCUT2D eigenvalue weighted by molar-refractivity contribution is 0.770. The molecule has 4 rings (SSSR count). The van der Waals surface area contributed by atoms with Crippen molar-refractivity contribution in [2.75, 3.05) is 0 Å². The van der Waals surface area contributed by atoms with Crippen LogP contribution in [-0.4, -0.2) is 25.7 Å². The van der Waals surface area contributed by atoms with Crippen LogP contribution in [0.5, 0.6) is 0 Å². The zero-order valence-corrected chi connectivity index (χ0v) is 16.8. The van der Waals surface area contributed by atoms with E-state index in [1.807, 2.05) is 36.4 Å². The SMILES string of the molecule is Cc1[nH]n(-c2ccccc2)c(=O)c1/C=N/n1c(C)nc2ccc(Br)cc2c1=O. The van der Waals surface area contributed by atoms with Gasteiger partial charge in [-0.15, -0.1) is 0 Å². The molecule has 0 spiro atoms. The molecule has 0 aliphatic rings. The molecule has 0 atom stereocenters. The Bertz CT molecular complexity index is 1330. The standard InChI is InChI=1S/C20H16BrN5O2/c1-12-17(20(28)26(24-12)15-6-4-3-5-7-15)11-22-25-13(2)23-18-9-8-14(21)10-16(18)19(25)27/h3-11,24H,1-2H3/b22-11+. The molecule has 7 nitrogen and oxygen atoms in total. The number of benzene rings is 2. The first-order chi connectivity index (χ1) is 13.5. The molecule has 2 aromatic carbocycles. The second-order valence-corrected chi connectivity index (χ2v) is 7.22. The zero-order chi connectivity index (χ0) is 19.8. The van der Waals surface area contributed by atoms with Gasteiger partial charge in [-0.05, 0) is 44.2 Å². The molecule has 0 saturated carbocycles. The number of nitrogens with zero attached hydrogens (tertiary/aromatic N) is 4. The molecule has 1 N–H and O–H groups in total. The van der Waals surface area contributed by atoms with Gasteiger partial charge < -0.3 is 0 Å². The fourth-order valence-corrected chi connectivity index (χ4v) is 3.34. The monoisotopic (exact) mass is 437 g/mol. The fraction of sp³-hybridized carbons (Fsp3) is 0.100. The van der Waals surface area contributed by atoms with Crippen LogP contribution in [0.15, 0.2) is 67.7 Å². The molecule has 0 aliphatic heterocycles. The summed E-state index contributed by atoms with van der Waals surface area (Å²) in [5, 5.41) is 7.74. The first-order valence-corrected chi connectivity index (χ1v) is 9.35. The largest absolute Gasteiger partial charge is 0.295 e. The molecule has 8 heteroatoms. The maximum Gasteiger partial charge on any atom is 0.282 e. The average Bonchev–Trinajstić information content (AvgIpc) is 2.97. The summed E-state index contributed by atoms with van der Waals surface area (Å²) in [6, 6.07) is 14.6. The van der Waals surface area contributed by atoms with Gasteiger partial charge in [0, 0.05) is 10.2 Å². The van der Waals surface area contributed by atoms with Crippen LogP contribution in [0.2, 0.25) is 0 Å². The Kier molecular flexibility index (Phi) is 4.56. The van der Waals surface area contributed by atoms with Crippen molar-refractivity contribution in [2.24, 2.45) is 5.10 Å². The van der Waals surface area contributed by atoms with E-state index in [4.69, 9.17) is 0 Å². The Hall–Kier alpha value is -3.26. The Morgan fingerprint density at radius 3 is 2.57 bits per heavy atom. The average molecular weight is 438 g/mol. The summed E-state index contributed by atoms with van der Waals surface area (Å²) in [5.74, 6) is 0.438. The zero-order valence-electron chi connectivity index (χ0n) is 15.2. The summed E-state index contributed by atoms with van der Waals surface area (Å²) in [6.45, 7) is 3.49. The second kappa shape index (κ2) is 7.05. The molecule has 0 fully saturated rings. The number of para-hydroxylation sites is 1. The highest BCUT2D eigenvalue weighted by molar-refractivity contribution is 9.10. The quantitative estimate of drug-likeness (QED) is 0.499. The van der Waals surface area contributed by atoms with Crippen LogP contribution in [0.4, 0.5) is 0 Å². The molecule has 2 aromatic heterocycles. The molecule has 0 saturated heterocycles. The lowest BCUT2D eigenvalue weighted by Crippen LogP contribution is -2.22. The summed E-state index contributed by atoms with van der Waals surface area (Å²) in [5.41, 5.74) is 1.82. The van der Waals surface area contributed by atoms with Crippen LogP contribution in [0.25, 0.3) is 16.6 Å². The van der Waals surface area contributed by atoms with E-state index in [1.165, 1.54) is 15.6 Å². The number of aromatic amines is 1. The van der Waals surface area contributed by atoms with Gasteiger partial charge in [0.15, 0.2) is 0 Å². The van der Waals surface area contributed by atoms with E-state index >= 15 is 0 Å². The summed E-state index contributed by atoms with van der Waals surface area (Å²) >= 11 is 3.37. The minimum Gasteiger partial charge on any atom is -0.295 e. The number of rotatable bonds is 3. The Morgan fingerprint density at radius 1 is 1.07 bits per heavy atom. The number of H-pyrrole nitrogens is 1. The summed E-state index contributed by atoms with van der Waals surface area (Å²) in [7, 11) is 0. The Labute approximate surface area is 168 Å². The minimum absolute atomic E-state index is 0.241. The fourth-order valence-electron chi connectivity index (χ4n) is 2.98. The first kappa shape index (κ1) is 18.1. The molecule has 140 valence electrons. The molecule has 2 heterocycles. The lowest BCUT2D eigenvalue weighted by Gasteiger charge is -2.05. The number of aromatic nitrogens is 4. The summed E-state index contributed by atoms with van der Waals surface area (Å²) < 4.78 is 3.43. The number of aryl methyl sites for hydroxylation is 2. The molecule has 0 radical (unpaired) electrons. The highest BCUT2D eigenvalue weighted by atomic mass is 79.9. The van der Waals surface area contributed by atoms with Crippen molar-refractivity contribution in [1.29, 1.82) is 0 Å². The third-order valence-electron chi connectivity index (χ3n) is 4.40. The number of hydrogen-bond donors (Lipinski definition) is 1. The van der Waals surface area contributed by atoms with E-state index < -0.39 is 0 Å². The third kappa shape index (κ3) is 3.11. The molecular weight excluding hydrogens is 422 g/mol. The van der Waals surface area contributed by atoms with E-state index in [0.29, 0.717) is 28.0 Å². The van der Waals surface area contributed by atoms with Gasteiger partial charge in [0.05, 0.1) is 28.4 Å². The van der Waals surface area contributed by atoms with Gasteiger partial charge in [-0.25, -0.2) is 9.67 Å². The van der Waals surface area contributed by atoms with Gasteiger partial charge >= 0.3 is 0 Å². The molecule has 4 aromatic rings. The van der Waals surface area contributed by atoms with Crippen LogP contribution < -0.4 is 11.1 Å². The van der Waals surface area contributed by atoms with E-state index in [0.717, 1.165) is 10.2 Å². The van der Waals surface area contributed by atoms with Crippen molar-refractivity contribution in [3.05, 3.63) is 90.8 Å². The van der Waals surface area contributed by atoms with E-state index in [-0.39, 0.29) is 11.1 Å². The predicted octanol–water partition coefficient (Wildman–Crippen LogP) is 3.14. The van der Waals surface area contributed by atoms with Gasteiger partial charge in [0.1, 0.15) is 5.82 Å². The van der Waals surface area contributed by atoms with Crippen molar-refractivity contribution >= 4 is 33.0 Å². The highest BCUT2D eigenvalue weighted by Gasteiger charge is 2.12. The highest BCUT2D eigenvalue weighted by Crippen LogP contribution is 2.15. The second-order valence-electron chi connectivity index (χ2n) is 6.31. The van der Waals surface area contributed by atoms with Crippen LogP contribution in [-0.2, 0) is 0 Å². The van der Waals surface area contributed by atoms with Gasteiger partial charge in [0.2, 0.25) is 0 Å². The normalized spacial score (nSPS) is 11.5. The van der Waals surface area contributed by atoms with Crippen LogP contribution >= 0.6 is 15.9 Å². The maximum atomic E-state index is 12.8. The van der Waals surface area contributed by atoms with E-state index in [9.17, 15) is 9.59 Å².